The van der Waals surface area contributed by atoms with Gasteiger partial charge in [0.05, 0.1) is 0 Å². The molecule has 0 bridgehead atoms. The van der Waals surface area contributed by atoms with E-state index in [2.05, 4.69) is 0 Å². The summed E-state index contributed by atoms with van der Waals surface area (Å²) in [6.45, 7) is 1.65. The Labute approximate surface area is 59.4 Å². The Morgan fingerprint density at radius 2 is 1.90 bits per heavy atom. The van der Waals surface area contributed by atoms with Gasteiger partial charge in [-0.25, -0.2) is 13.2 Å². The van der Waals surface area contributed by atoms with Crippen molar-refractivity contribution in [2.45, 2.75) is 32.6 Å². The van der Waals surface area contributed by atoms with Crippen LogP contribution >= 0.6 is 0 Å². The van der Waals surface area contributed by atoms with Crippen LogP contribution in [0.25, 0.3) is 0 Å². The molecule has 10 heavy (non-hydrogen) atoms. The molecule has 0 aliphatic carbocycles. The molecule has 0 saturated heterocycles. The van der Waals surface area contributed by atoms with E-state index in [-0.39, 0.29) is 0 Å². The fourth-order valence-corrected chi connectivity index (χ4v) is 0.776. The SMILES string of the molecule is CCCC(C)C(F)(F)CF. The highest BCUT2D eigenvalue weighted by Crippen LogP contribution is 2.27. The molecule has 0 N–H and O–H groups in total. The van der Waals surface area contributed by atoms with Gasteiger partial charge in [-0.05, 0) is 6.42 Å². The molecule has 0 rings (SSSR count). The topological polar surface area (TPSA) is 0 Å². The Morgan fingerprint density at radius 1 is 1.40 bits per heavy atom. The van der Waals surface area contributed by atoms with Crippen molar-refractivity contribution in [2.75, 3.05) is 6.67 Å². The van der Waals surface area contributed by atoms with Gasteiger partial charge in [0.1, 0.15) is 0 Å². The molecule has 3 heteroatoms. The van der Waals surface area contributed by atoms with Crippen LogP contribution in [0, 0.1) is 5.92 Å². The summed E-state index contributed by atoms with van der Waals surface area (Å²) in [7, 11) is 0. The van der Waals surface area contributed by atoms with Crippen LogP contribution in [-0.2, 0) is 0 Å². The van der Waals surface area contributed by atoms with Crippen LogP contribution in [0.3, 0.4) is 0 Å². The van der Waals surface area contributed by atoms with Crippen LogP contribution in [0.4, 0.5) is 13.2 Å². The van der Waals surface area contributed by atoms with Crippen LogP contribution in [0.15, 0.2) is 0 Å². The van der Waals surface area contributed by atoms with Crippen molar-refractivity contribution in [2.24, 2.45) is 5.92 Å². The predicted molar refractivity (Wildman–Crippen MR) is 35.0 cm³/mol. The minimum atomic E-state index is -3.12. The molecular weight excluding hydrogens is 141 g/mol. The molecule has 0 aromatic rings. The molecule has 1 unspecified atom stereocenters. The number of hydrogen-bond donors (Lipinski definition) is 0. The van der Waals surface area contributed by atoms with E-state index in [4.69, 9.17) is 0 Å². The molecule has 0 fully saturated rings. The van der Waals surface area contributed by atoms with E-state index in [0.29, 0.717) is 12.8 Å². The Bertz CT molecular complexity index is 90.9. The lowest BCUT2D eigenvalue weighted by Crippen LogP contribution is -2.28. The first-order valence-corrected chi connectivity index (χ1v) is 3.48. The van der Waals surface area contributed by atoms with Crippen LogP contribution in [0.5, 0.6) is 0 Å². The standard InChI is InChI=1S/C7H13F3/c1-3-4-6(2)7(9,10)5-8/h6H,3-5H2,1-2H3. The molecule has 0 amide bonds. The monoisotopic (exact) mass is 154 g/mol. The van der Waals surface area contributed by atoms with Gasteiger partial charge in [0.2, 0.25) is 0 Å². The Balaban J connectivity index is 3.78. The van der Waals surface area contributed by atoms with Crippen molar-refractivity contribution in [1.82, 2.24) is 0 Å². The zero-order chi connectivity index (χ0) is 8.20. The second-order valence-electron chi connectivity index (χ2n) is 2.58. The lowest BCUT2D eigenvalue weighted by Gasteiger charge is -2.19. The largest absolute Gasteiger partial charge is 0.278 e. The summed E-state index contributed by atoms with van der Waals surface area (Å²) in [5.74, 6) is -3.95. The summed E-state index contributed by atoms with van der Waals surface area (Å²) in [6.07, 6.45) is 1.06. The lowest BCUT2D eigenvalue weighted by atomic mass is 9.99. The molecular formula is C7H13F3. The van der Waals surface area contributed by atoms with Crippen LogP contribution in [-0.4, -0.2) is 12.6 Å². The van der Waals surface area contributed by atoms with Gasteiger partial charge in [-0.1, -0.05) is 20.3 Å². The van der Waals surface area contributed by atoms with Gasteiger partial charge in [0, 0.05) is 5.92 Å². The third-order valence-electron chi connectivity index (χ3n) is 1.62. The maximum Gasteiger partial charge on any atom is 0.278 e. The zero-order valence-electron chi connectivity index (χ0n) is 6.33. The fourth-order valence-electron chi connectivity index (χ4n) is 0.776. The van der Waals surface area contributed by atoms with Gasteiger partial charge in [-0.3, -0.25) is 0 Å². The molecule has 0 aromatic heterocycles. The first-order chi connectivity index (χ1) is 4.54. The van der Waals surface area contributed by atoms with Gasteiger partial charge in [0.15, 0.2) is 6.67 Å². The summed E-state index contributed by atoms with van der Waals surface area (Å²) in [5, 5.41) is 0. The molecule has 0 spiro atoms. The normalized spacial score (nSPS) is 15.3. The van der Waals surface area contributed by atoms with E-state index in [0.717, 1.165) is 0 Å². The van der Waals surface area contributed by atoms with Crippen molar-refractivity contribution in [3.05, 3.63) is 0 Å². The van der Waals surface area contributed by atoms with Crippen molar-refractivity contribution >= 4 is 0 Å². The predicted octanol–water partition coefficient (Wildman–Crippen LogP) is 3.03. The van der Waals surface area contributed by atoms with Crippen LogP contribution in [0.1, 0.15) is 26.7 Å². The molecule has 0 saturated carbocycles. The minimum absolute atomic E-state index is 0.386. The number of rotatable bonds is 4. The Kier molecular flexibility index (Phi) is 3.76. The first kappa shape index (κ1) is 9.79. The molecule has 0 nitrogen and oxygen atoms in total. The highest BCUT2D eigenvalue weighted by Gasteiger charge is 2.35. The van der Waals surface area contributed by atoms with Crippen molar-refractivity contribution in [3.63, 3.8) is 0 Å². The molecule has 1 atom stereocenters. The zero-order valence-corrected chi connectivity index (χ0v) is 6.33. The van der Waals surface area contributed by atoms with Gasteiger partial charge in [-0.15, -0.1) is 0 Å². The molecule has 0 radical (unpaired) electrons. The third-order valence-corrected chi connectivity index (χ3v) is 1.62. The van der Waals surface area contributed by atoms with Gasteiger partial charge >= 0.3 is 0 Å². The number of alkyl halides is 3. The number of halogens is 3. The van der Waals surface area contributed by atoms with Gasteiger partial charge in [0.25, 0.3) is 5.92 Å². The smallest absolute Gasteiger partial charge is 0.244 e. The van der Waals surface area contributed by atoms with Crippen molar-refractivity contribution in [3.8, 4) is 0 Å². The van der Waals surface area contributed by atoms with Crippen LogP contribution in [0.2, 0.25) is 0 Å². The van der Waals surface area contributed by atoms with Gasteiger partial charge < -0.3 is 0 Å². The van der Waals surface area contributed by atoms with E-state index in [1.165, 1.54) is 6.92 Å². The molecule has 0 aromatic carbocycles. The summed E-state index contributed by atoms with van der Waals surface area (Å²) < 4.78 is 36.3. The second-order valence-corrected chi connectivity index (χ2v) is 2.58. The molecule has 62 valence electrons. The molecule has 0 heterocycles. The third kappa shape index (κ3) is 2.58. The molecule has 0 aliphatic heterocycles. The first-order valence-electron chi connectivity index (χ1n) is 3.48. The summed E-state index contributed by atoms with van der Waals surface area (Å²) in [6, 6.07) is 0. The fraction of sp³-hybridized carbons (Fsp3) is 1.00. The van der Waals surface area contributed by atoms with E-state index in [9.17, 15) is 13.2 Å². The highest BCUT2D eigenvalue weighted by molar-refractivity contribution is 4.71. The summed E-state index contributed by atoms with van der Waals surface area (Å²) in [4.78, 5) is 0. The van der Waals surface area contributed by atoms with E-state index in [1.54, 1.807) is 0 Å². The average molecular weight is 154 g/mol. The lowest BCUT2D eigenvalue weighted by molar-refractivity contribution is -0.0724. The quantitative estimate of drug-likeness (QED) is 0.583. The van der Waals surface area contributed by atoms with E-state index in [1.807, 2.05) is 6.92 Å². The average Bonchev–Trinajstić information content (AvgIpc) is 1.89. The Hall–Kier alpha value is -0.210. The van der Waals surface area contributed by atoms with Crippen molar-refractivity contribution in [1.29, 1.82) is 0 Å². The molecule has 0 aliphatic rings. The number of hydrogen-bond acceptors (Lipinski definition) is 0. The minimum Gasteiger partial charge on any atom is -0.244 e. The van der Waals surface area contributed by atoms with E-state index < -0.39 is 18.5 Å². The van der Waals surface area contributed by atoms with E-state index >= 15 is 0 Å². The maximum absolute atomic E-state index is 12.4. The maximum atomic E-state index is 12.4. The Morgan fingerprint density at radius 3 is 2.20 bits per heavy atom. The van der Waals surface area contributed by atoms with Crippen LogP contribution < -0.4 is 0 Å². The highest BCUT2D eigenvalue weighted by atomic mass is 19.3. The van der Waals surface area contributed by atoms with Crippen molar-refractivity contribution < 1.29 is 13.2 Å². The summed E-state index contributed by atoms with van der Waals surface area (Å²) >= 11 is 0. The second kappa shape index (κ2) is 3.84. The van der Waals surface area contributed by atoms with Gasteiger partial charge in [-0.2, -0.15) is 0 Å². The summed E-state index contributed by atoms with van der Waals surface area (Å²) in [5.41, 5.74) is 0.